The Labute approximate surface area is 265 Å². The first-order chi connectivity index (χ1) is 22.8. The molecule has 9 aromatic rings. The second kappa shape index (κ2) is 9.65. The van der Waals surface area contributed by atoms with Gasteiger partial charge < -0.3 is 8.98 Å². The fraction of sp³-hybridized carbons (Fsp3) is 0. The molecule has 7 aromatic carbocycles. The molecule has 10 rings (SSSR count). The number of nitrogens with zero attached hydrogens (tertiary/aromatic N) is 2. The maximum Gasteiger partial charge on any atom is 0.227 e. The van der Waals surface area contributed by atoms with E-state index < -0.39 is 0 Å². The summed E-state index contributed by atoms with van der Waals surface area (Å²) in [5.74, 6) is 1.50. The third-order valence-electron chi connectivity index (χ3n) is 9.39. The molecule has 3 heteroatoms. The lowest BCUT2D eigenvalue weighted by Crippen LogP contribution is -1.96. The van der Waals surface area contributed by atoms with Gasteiger partial charge in [-0.1, -0.05) is 121 Å². The van der Waals surface area contributed by atoms with Crippen molar-refractivity contribution in [3.63, 3.8) is 0 Å². The first-order valence-electron chi connectivity index (χ1n) is 15.6. The van der Waals surface area contributed by atoms with Gasteiger partial charge in [-0.25, -0.2) is 4.98 Å². The monoisotopic (exact) mass is 586 g/mol. The van der Waals surface area contributed by atoms with Crippen molar-refractivity contribution in [3.8, 4) is 62.0 Å². The van der Waals surface area contributed by atoms with Gasteiger partial charge in [0.25, 0.3) is 0 Å². The molecule has 2 heterocycles. The fourth-order valence-corrected chi connectivity index (χ4v) is 7.26. The van der Waals surface area contributed by atoms with E-state index in [2.05, 4.69) is 132 Å². The quantitative estimate of drug-likeness (QED) is 0.205. The number of fused-ring (bicyclic) bond motifs is 6. The van der Waals surface area contributed by atoms with Crippen LogP contribution >= 0.6 is 0 Å². The van der Waals surface area contributed by atoms with Crippen molar-refractivity contribution in [2.75, 3.05) is 0 Å². The van der Waals surface area contributed by atoms with E-state index >= 15 is 0 Å². The number of benzene rings is 7. The van der Waals surface area contributed by atoms with E-state index in [0.29, 0.717) is 5.89 Å². The predicted octanol–water partition coefficient (Wildman–Crippen LogP) is 11.6. The molecule has 0 N–H and O–H groups in total. The molecular formula is C43H26N2O. The maximum absolute atomic E-state index is 6.47. The standard InChI is InChI=1S/C43H26N2O/c1-4-11-27(12-5-1)30-19-21-32-33-22-20-31(28-13-6-2-7-14-28)26-39(33)45(38(32)25-30)37-24-23-35-40-34(37)17-10-18-36(40)42-41(35)44-43(46-42)29-15-8-3-9-16-29/h1-26H. The highest BCUT2D eigenvalue weighted by Gasteiger charge is 2.29. The van der Waals surface area contributed by atoms with Crippen LogP contribution in [0.15, 0.2) is 162 Å². The Kier molecular flexibility index (Phi) is 5.28. The minimum atomic E-state index is 0.654. The lowest BCUT2D eigenvalue weighted by Gasteiger charge is -2.14. The summed E-state index contributed by atoms with van der Waals surface area (Å²) in [6.45, 7) is 0. The first-order valence-corrected chi connectivity index (χ1v) is 15.6. The van der Waals surface area contributed by atoms with Crippen LogP contribution in [0, 0.1) is 0 Å². The summed E-state index contributed by atoms with van der Waals surface area (Å²) in [5, 5.41) is 4.84. The average molecular weight is 587 g/mol. The normalized spacial score (nSPS) is 11.9. The third kappa shape index (κ3) is 3.63. The first kappa shape index (κ1) is 25.2. The predicted molar refractivity (Wildman–Crippen MR) is 189 cm³/mol. The molecule has 0 unspecified atom stereocenters. The van der Waals surface area contributed by atoms with Gasteiger partial charge in [-0.3, -0.25) is 0 Å². The SMILES string of the molecule is c1ccc(-c2ccc3c4ccc(-c5ccccc5)cc4n(-c4ccc5c6c(cccc46)-c4oc(-c6ccccc6)nc4-5)c3c2)cc1. The maximum atomic E-state index is 6.47. The van der Waals surface area contributed by atoms with Crippen molar-refractivity contribution in [1.82, 2.24) is 9.55 Å². The van der Waals surface area contributed by atoms with Crippen LogP contribution in [0.4, 0.5) is 0 Å². The minimum absolute atomic E-state index is 0.654. The van der Waals surface area contributed by atoms with Crippen molar-refractivity contribution in [2.45, 2.75) is 0 Å². The van der Waals surface area contributed by atoms with Gasteiger partial charge in [0.2, 0.25) is 5.89 Å². The van der Waals surface area contributed by atoms with Crippen LogP contribution in [0.25, 0.3) is 94.6 Å². The molecule has 0 spiro atoms. The molecule has 0 fully saturated rings. The second-order valence-electron chi connectivity index (χ2n) is 12.0. The zero-order valence-corrected chi connectivity index (χ0v) is 24.8. The molecule has 0 saturated carbocycles. The van der Waals surface area contributed by atoms with Crippen LogP contribution < -0.4 is 0 Å². The minimum Gasteiger partial charge on any atom is -0.435 e. The molecule has 3 nitrogen and oxygen atoms in total. The van der Waals surface area contributed by atoms with E-state index in [0.717, 1.165) is 33.8 Å². The van der Waals surface area contributed by atoms with E-state index in [9.17, 15) is 0 Å². The highest BCUT2D eigenvalue weighted by molar-refractivity contribution is 6.18. The van der Waals surface area contributed by atoms with Crippen LogP contribution in [0.1, 0.15) is 0 Å². The third-order valence-corrected chi connectivity index (χ3v) is 9.39. The molecule has 0 aliphatic heterocycles. The van der Waals surface area contributed by atoms with Crippen LogP contribution in [0.2, 0.25) is 0 Å². The molecule has 0 saturated heterocycles. The largest absolute Gasteiger partial charge is 0.435 e. The van der Waals surface area contributed by atoms with E-state index in [1.165, 1.54) is 54.8 Å². The van der Waals surface area contributed by atoms with E-state index in [1.807, 2.05) is 30.3 Å². The molecule has 0 radical (unpaired) electrons. The van der Waals surface area contributed by atoms with Crippen LogP contribution in [-0.2, 0) is 0 Å². The Morgan fingerprint density at radius 2 is 1.02 bits per heavy atom. The smallest absolute Gasteiger partial charge is 0.227 e. The summed E-state index contributed by atoms with van der Waals surface area (Å²) in [6, 6.07) is 56.1. The zero-order chi connectivity index (χ0) is 30.2. The number of oxazole rings is 1. The van der Waals surface area contributed by atoms with Crippen molar-refractivity contribution in [1.29, 1.82) is 0 Å². The summed E-state index contributed by atoms with van der Waals surface area (Å²) >= 11 is 0. The average Bonchev–Trinajstić information content (AvgIpc) is 3.80. The number of rotatable bonds is 4. The molecule has 214 valence electrons. The molecule has 1 aliphatic carbocycles. The highest BCUT2D eigenvalue weighted by atomic mass is 16.4. The molecule has 0 atom stereocenters. The van der Waals surface area contributed by atoms with Gasteiger partial charge in [-0.2, -0.15) is 0 Å². The number of aromatic nitrogens is 2. The van der Waals surface area contributed by atoms with E-state index in [-0.39, 0.29) is 0 Å². The molecule has 0 bridgehead atoms. The van der Waals surface area contributed by atoms with Crippen LogP contribution in [-0.4, -0.2) is 9.55 Å². The van der Waals surface area contributed by atoms with Crippen LogP contribution in [0.5, 0.6) is 0 Å². The number of hydrogen-bond donors (Lipinski definition) is 0. The van der Waals surface area contributed by atoms with Crippen molar-refractivity contribution >= 4 is 32.6 Å². The van der Waals surface area contributed by atoms with Gasteiger partial charge in [0, 0.05) is 38.2 Å². The second-order valence-corrected chi connectivity index (χ2v) is 12.0. The van der Waals surface area contributed by atoms with Gasteiger partial charge in [-0.15, -0.1) is 0 Å². The van der Waals surface area contributed by atoms with Crippen molar-refractivity contribution < 1.29 is 4.42 Å². The number of hydrogen-bond acceptors (Lipinski definition) is 2. The molecular weight excluding hydrogens is 560 g/mol. The highest BCUT2D eigenvalue weighted by Crippen LogP contribution is 2.50. The Morgan fingerprint density at radius 1 is 0.435 bits per heavy atom. The Hall–Kier alpha value is -6.19. The van der Waals surface area contributed by atoms with E-state index in [1.54, 1.807) is 0 Å². The summed E-state index contributed by atoms with van der Waals surface area (Å²) in [4.78, 5) is 5.01. The summed E-state index contributed by atoms with van der Waals surface area (Å²) in [5.41, 5.74) is 12.4. The lowest BCUT2D eigenvalue weighted by atomic mass is 10.0. The zero-order valence-electron chi connectivity index (χ0n) is 24.8. The van der Waals surface area contributed by atoms with Gasteiger partial charge in [0.05, 0.1) is 16.7 Å². The summed E-state index contributed by atoms with van der Waals surface area (Å²) in [7, 11) is 0. The van der Waals surface area contributed by atoms with Gasteiger partial charge in [0.15, 0.2) is 5.76 Å². The fourth-order valence-electron chi connectivity index (χ4n) is 7.26. The van der Waals surface area contributed by atoms with Crippen molar-refractivity contribution in [3.05, 3.63) is 158 Å². The molecule has 0 amide bonds. The summed E-state index contributed by atoms with van der Waals surface area (Å²) in [6.07, 6.45) is 0. The topological polar surface area (TPSA) is 31.0 Å². The molecule has 46 heavy (non-hydrogen) atoms. The summed E-state index contributed by atoms with van der Waals surface area (Å²) < 4.78 is 8.92. The van der Waals surface area contributed by atoms with Gasteiger partial charge in [0.1, 0.15) is 5.69 Å². The Bertz CT molecular complexity index is 2490. The van der Waals surface area contributed by atoms with Crippen LogP contribution in [0.3, 0.4) is 0 Å². The Balaban J connectivity index is 1.25. The van der Waals surface area contributed by atoms with Crippen molar-refractivity contribution in [2.24, 2.45) is 0 Å². The van der Waals surface area contributed by atoms with E-state index in [4.69, 9.17) is 9.40 Å². The lowest BCUT2D eigenvalue weighted by molar-refractivity contribution is 0.590. The van der Waals surface area contributed by atoms with Gasteiger partial charge in [-0.05, 0) is 58.7 Å². The molecule has 2 aromatic heterocycles. The molecule has 1 aliphatic rings. The Morgan fingerprint density at radius 3 is 1.63 bits per heavy atom. The van der Waals surface area contributed by atoms with Gasteiger partial charge >= 0.3 is 0 Å².